The van der Waals surface area contributed by atoms with Crippen LogP contribution in [0.25, 0.3) is 0 Å². The Bertz CT molecular complexity index is 777. The first-order valence-corrected chi connectivity index (χ1v) is 9.50. The summed E-state index contributed by atoms with van der Waals surface area (Å²) in [6.45, 7) is 0. The van der Waals surface area contributed by atoms with E-state index >= 15 is 0 Å². The van der Waals surface area contributed by atoms with Gasteiger partial charge < -0.3 is 5.32 Å². The maximum absolute atomic E-state index is 12.9. The van der Waals surface area contributed by atoms with E-state index in [1.807, 2.05) is 0 Å². The summed E-state index contributed by atoms with van der Waals surface area (Å²) in [5, 5.41) is 3.46. The quantitative estimate of drug-likeness (QED) is 0.747. The molecule has 1 atom stereocenters. The molecular formula is C19H18F3NOS. The van der Waals surface area contributed by atoms with Crippen molar-refractivity contribution in [2.75, 3.05) is 5.75 Å². The fraction of sp³-hybridized carbons (Fsp3) is 0.421. The topological polar surface area (TPSA) is 29.1 Å². The molecule has 6 heteroatoms. The Kier molecular flexibility index (Phi) is 4.18. The second-order valence-electron chi connectivity index (χ2n) is 6.64. The van der Waals surface area contributed by atoms with E-state index in [2.05, 4.69) is 5.32 Å². The molecule has 1 unspecified atom stereocenters. The van der Waals surface area contributed by atoms with Gasteiger partial charge in [-0.2, -0.15) is 13.2 Å². The smallest absolute Gasteiger partial charge is 0.361 e. The predicted molar refractivity (Wildman–Crippen MR) is 91.9 cm³/mol. The highest BCUT2D eigenvalue weighted by molar-refractivity contribution is 8.03. The Morgan fingerprint density at radius 2 is 1.72 bits per heavy atom. The zero-order valence-corrected chi connectivity index (χ0v) is 14.4. The molecular weight excluding hydrogens is 347 g/mol. The van der Waals surface area contributed by atoms with Gasteiger partial charge in [-0.15, -0.1) is 11.8 Å². The van der Waals surface area contributed by atoms with Gasteiger partial charge in [-0.25, -0.2) is 0 Å². The van der Waals surface area contributed by atoms with Crippen molar-refractivity contribution < 1.29 is 18.0 Å². The molecule has 0 spiro atoms. The van der Waals surface area contributed by atoms with Gasteiger partial charge in [0.2, 0.25) is 0 Å². The maximum Gasteiger partial charge on any atom is 0.416 e. The molecule has 0 fully saturated rings. The number of alkyl halides is 3. The van der Waals surface area contributed by atoms with Crippen LogP contribution in [0.15, 0.2) is 46.1 Å². The summed E-state index contributed by atoms with van der Waals surface area (Å²) in [6.07, 6.45) is -0.149. The van der Waals surface area contributed by atoms with E-state index in [0.717, 1.165) is 71.0 Å². The zero-order valence-electron chi connectivity index (χ0n) is 13.6. The lowest BCUT2D eigenvalue weighted by atomic mass is 9.79. The third-order valence-corrected chi connectivity index (χ3v) is 6.29. The van der Waals surface area contributed by atoms with Crippen LogP contribution in [0.3, 0.4) is 0 Å². The summed E-state index contributed by atoms with van der Waals surface area (Å²) < 4.78 is 38.6. The standard InChI is InChI=1S/C19H18F3NOS/c20-19(21,22)12-8-6-11(7-9-12)16-17-13(3-1-5-15(17)24)23-14-4-2-10-25-18(14)16/h6-9,16,23H,1-5,10H2. The minimum atomic E-state index is -4.35. The fourth-order valence-corrected chi connectivity index (χ4v) is 5.10. The summed E-state index contributed by atoms with van der Waals surface area (Å²) in [4.78, 5) is 13.7. The fourth-order valence-electron chi connectivity index (χ4n) is 3.85. The molecule has 1 aliphatic carbocycles. The molecule has 1 aromatic carbocycles. The molecule has 1 aromatic rings. The van der Waals surface area contributed by atoms with Crippen LogP contribution in [-0.4, -0.2) is 11.5 Å². The Labute approximate surface area is 148 Å². The van der Waals surface area contributed by atoms with Gasteiger partial charge in [0, 0.05) is 34.2 Å². The number of dihydropyridines is 1. The second kappa shape index (κ2) is 6.24. The number of hydrogen-bond donors (Lipinski definition) is 1. The van der Waals surface area contributed by atoms with Crippen molar-refractivity contribution in [2.24, 2.45) is 0 Å². The van der Waals surface area contributed by atoms with E-state index in [9.17, 15) is 18.0 Å². The molecule has 1 N–H and O–H groups in total. The number of carbonyl (C=O) groups excluding carboxylic acids is 1. The molecule has 2 aliphatic heterocycles. The van der Waals surface area contributed by atoms with Crippen LogP contribution < -0.4 is 5.32 Å². The Hall–Kier alpha value is -1.69. The minimum absolute atomic E-state index is 0.122. The molecule has 0 aromatic heterocycles. The van der Waals surface area contributed by atoms with Crippen LogP contribution in [0.5, 0.6) is 0 Å². The first kappa shape index (κ1) is 16.8. The number of rotatable bonds is 1. The Morgan fingerprint density at radius 1 is 1.00 bits per heavy atom. The van der Waals surface area contributed by atoms with Crippen LogP contribution in [0.1, 0.15) is 49.1 Å². The second-order valence-corrected chi connectivity index (χ2v) is 7.78. The largest absolute Gasteiger partial charge is 0.416 e. The molecule has 2 heterocycles. The average molecular weight is 365 g/mol. The predicted octanol–water partition coefficient (Wildman–Crippen LogP) is 5.14. The Morgan fingerprint density at radius 3 is 2.44 bits per heavy atom. The monoisotopic (exact) mass is 365 g/mol. The van der Waals surface area contributed by atoms with E-state index in [0.29, 0.717) is 6.42 Å². The summed E-state index contributed by atoms with van der Waals surface area (Å²) in [7, 11) is 0. The number of ketones is 1. The van der Waals surface area contributed by atoms with Gasteiger partial charge in [0.1, 0.15) is 0 Å². The van der Waals surface area contributed by atoms with Gasteiger partial charge in [-0.3, -0.25) is 4.79 Å². The number of benzene rings is 1. The van der Waals surface area contributed by atoms with Gasteiger partial charge in [0.15, 0.2) is 5.78 Å². The molecule has 0 saturated carbocycles. The number of Topliss-reactive ketones (excluding diaryl/α,β-unsaturated/α-hetero) is 1. The molecule has 132 valence electrons. The van der Waals surface area contributed by atoms with E-state index in [-0.39, 0.29) is 11.7 Å². The normalized spacial score (nSPS) is 24.0. The number of halogens is 3. The van der Waals surface area contributed by atoms with Crippen molar-refractivity contribution in [1.82, 2.24) is 5.32 Å². The highest BCUT2D eigenvalue weighted by Gasteiger charge is 2.38. The van der Waals surface area contributed by atoms with E-state index < -0.39 is 11.7 Å². The van der Waals surface area contributed by atoms with Crippen LogP contribution in [-0.2, 0) is 11.0 Å². The molecule has 0 saturated heterocycles. The van der Waals surface area contributed by atoms with Crippen LogP contribution in [0.2, 0.25) is 0 Å². The third kappa shape index (κ3) is 3.01. The van der Waals surface area contributed by atoms with Gasteiger partial charge >= 0.3 is 6.18 Å². The molecule has 0 radical (unpaired) electrons. The van der Waals surface area contributed by atoms with Crippen molar-refractivity contribution in [3.05, 3.63) is 57.3 Å². The average Bonchev–Trinajstić information content (AvgIpc) is 2.59. The third-order valence-electron chi connectivity index (χ3n) is 5.01. The van der Waals surface area contributed by atoms with Crippen molar-refractivity contribution in [1.29, 1.82) is 0 Å². The van der Waals surface area contributed by atoms with Crippen molar-refractivity contribution in [2.45, 2.75) is 44.2 Å². The first-order valence-electron chi connectivity index (χ1n) is 8.51. The van der Waals surface area contributed by atoms with Gasteiger partial charge in [0.05, 0.1) is 5.56 Å². The van der Waals surface area contributed by atoms with Gasteiger partial charge in [-0.05, 0) is 49.1 Å². The summed E-state index contributed by atoms with van der Waals surface area (Å²) >= 11 is 1.73. The minimum Gasteiger partial charge on any atom is -0.361 e. The number of hydrogen-bond acceptors (Lipinski definition) is 3. The van der Waals surface area contributed by atoms with E-state index in [4.69, 9.17) is 0 Å². The summed E-state index contributed by atoms with van der Waals surface area (Å²) in [6, 6.07) is 5.31. The van der Waals surface area contributed by atoms with Crippen molar-refractivity contribution >= 4 is 17.5 Å². The first-order chi connectivity index (χ1) is 11.9. The zero-order chi connectivity index (χ0) is 17.6. The van der Waals surface area contributed by atoms with E-state index in [1.165, 1.54) is 12.1 Å². The van der Waals surface area contributed by atoms with Gasteiger partial charge in [0.25, 0.3) is 0 Å². The molecule has 0 amide bonds. The number of nitrogens with one attached hydrogen (secondary N) is 1. The van der Waals surface area contributed by atoms with Crippen molar-refractivity contribution in [3.63, 3.8) is 0 Å². The highest BCUT2D eigenvalue weighted by atomic mass is 32.2. The summed E-state index contributed by atoms with van der Waals surface area (Å²) in [5.41, 5.74) is 3.01. The van der Waals surface area contributed by atoms with E-state index in [1.54, 1.807) is 11.8 Å². The molecule has 25 heavy (non-hydrogen) atoms. The number of thioether (sulfide) groups is 1. The lowest BCUT2D eigenvalue weighted by Gasteiger charge is -2.37. The molecule has 0 bridgehead atoms. The SMILES string of the molecule is O=C1CCCC2=C1C(c1ccc(C(F)(F)F)cc1)C1=C(CCCS1)N2. The Balaban J connectivity index is 1.80. The van der Waals surface area contributed by atoms with Crippen LogP contribution in [0.4, 0.5) is 13.2 Å². The highest BCUT2D eigenvalue weighted by Crippen LogP contribution is 2.49. The lowest BCUT2D eigenvalue weighted by molar-refractivity contribution is -0.137. The molecule has 3 aliphatic rings. The van der Waals surface area contributed by atoms with Crippen LogP contribution >= 0.6 is 11.8 Å². The van der Waals surface area contributed by atoms with Gasteiger partial charge in [-0.1, -0.05) is 12.1 Å². The van der Waals surface area contributed by atoms with Crippen molar-refractivity contribution in [3.8, 4) is 0 Å². The lowest BCUT2D eigenvalue weighted by Crippen LogP contribution is -2.32. The molecule has 2 nitrogen and oxygen atoms in total. The maximum atomic E-state index is 12.9. The number of carbonyl (C=O) groups is 1. The number of allylic oxidation sites excluding steroid dienone is 4. The van der Waals surface area contributed by atoms with Crippen LogP contribution in [0, 0.1) is 0 Å². The summed E-state index contributed by atoms with van der Waals surface area (Å²) in [5.74, 6) is 0.886. The molecule has 4 rings (SSSR count).